The van der Waals surface area contributed by atoms with Crippen LogP contribution >= 0.6 is 0 Å². The van der Waals surface area contributed by atoms with Gasteiger partial charge in [0.2, 0.25) is 11.8 Å². The molecular weight excluding hydrogens is 476 g/mol. The average Bonchev–Trinajstić information content (AvgIpc) is 2.89. The van der Waals surface area contributed by atoms with Gasteiger partial charge in [0.25, 0.3) is 0 Å². The third-order valence-corrected chi connectivity index (χ3v) is 9.57. The predicted octanol–water partition coefficient (Wildman–Crippen LogP) is 5.34. The summed E-state index contributed by atoms with van der Waals surface area (Å²) in [7, 11) is 0. The second-order valence-electron chi connectivity index (χ2n) is 12.0. The van der Waals surface area contributed by atoms with Crippen molar-refractivity contribution in [1.82, 2.24) is 4.90 Å². The Morgan fingerprint density at radius 3 is 1.34 bits per heavy atom. The zero-order valence-electron chi connectivity index (χ0n) is 22.4. The predicted molar refractivity (Wildman–Crippen MR) is 147 cm³/mol. The maximum absolute atomic E-state index is 14.9. The molecule has 2 amide bonds. The minimum atomic E-state index is -1.31. The van der Waals surface area contributed by atoms with Crippen LogP contribution in [-0.2, 0) is 9.59 Å². The Morgan fingerprint density at radius 2 is 1.03 bits per heavy atom. The molecule has 6 heteroatoms. The lowest BCUT2D eigenvalue weighted by atomic mass is 9.65. The molecule has 2 atom stereocenters. The van der Waals surface area contributed by atoms with E-state index in [0.717, 1.165) is 56.1 Å². The van der Waals surface area contributed by atoms with Gasteiger partial charge in [-0.05, 0) is 49.7 Å². The van der Waals surface area contributed by atoms with Gasteiger partial charge in [0, 0.05) is 0 Å². The molecule has 5 rings (SSSR count). The number of amides is 2. The summed E-state index contributed by atoms with van der Waals surface area (Å²) < 4.78 is 0. The van der Waals surface area contributed by atoms with Gasteiger partial charge in [-0.3, -0.25) is 9.59 Å². The van der Waals surface area contributed by atoms with Crippen molar-refractivity contribution in [1.29, 1.82) is 0 Å². The molecule has 0 spiro atoms. The number of carbonyl (C=O) groups excluding carboxylic acids is 2. The minimum Gasteiger partial charge on any atom is -0.387 e. The van der Waals surface area contributed by atoms with Crippen LogP contribution in [0.25, 0.3) is 0 Å². The maximum atomic E-state index is 14.9. The second kappa shape index (κ2) is 10.8. The van der Waals surface area contributed by atoms with Crippen molar-refractivity contribution < 1.29 is 19.8 Å². The average molecular weight is 519 g/mol. The maximum Gasteiger partial charge on any atom is 0.239 e. The topological polar surface area (TPSA) is 104 Å². The molecule has 0 aromatic heterocycles. The van der Waals surface area contributed by atoms with Gasteiger partial charge in [-0.15, -0.1) is 0 Å². The van der Waals surface area contributed by atoms with Crippen LogP contribution in [0.1, 0.15) is 107 Å². The number of hydrogen-bond donors (Lipinski definition) is 3. The third kappa shape index (κ3) is 4.77. The number of nitrogens with zero attached hydrogens (tertiary/aromatic N) is 1. The summed E-state index contributed by atoms with van der Waals surface area (Å²) in [4.78, 5) is 29.6. The molecule has 3 aliphatic carbocycles. The fraction of sp³-hybridized carbons (Fsp3) is 0.562. The van der Waals surface area contributed by atoms with Gasteiger partial charge in [-0.25, -0.2) is 0 Å². The van der Waals surface area contributed by atoms with Crippen molar-refractivity contribution in [2.45, 2.75) is 107 Å². The molecule has 0 bridgehead atoms. The van der Waals surface area contributed by atoms with E-state index in [-0.39, 0.29) is 5.91 Å². The SMILES string of the molecule is NC(=O)C1(C(=O)N(C(c2ccccc2)C2(O)CCCCC2)C(c2ccccc2)C2(O)CCCCC2)CCC1. The normalized spacial score (nSPS) is 23.4. The van der Waals surface area contributed by atoms with Crippen LogP contribution in [0.2, 0.25) is 0 Å². The Hall–Kier alpha value is -2.70. The highest BCUT2D eigenvalue weighted by Gasteiger charge is 2.59. The number of rotatable bonds is 8. The van der Waals surface area contributed by atoms with Gasteiger partial charge < -0.3 is 20.8 Å². The van der Waals surface area contributed by atoms with Crippen LogP contribution in [-0.4, -0.2) is 38.1 Å². The zero-order valence-corrected chi connectivity index (χ0v) is 22.4. The van der Waals surface area contributed by atoms with Gasteiger partial charge in [-0.1, -0.05) is 106 Å². The molecule has 2 aromatic rings. The van der Waals surface area contributed by atoms with Crippen LogP contribution in [0.15, 0.2) is 60.7 Å². The van der Waals surface area contributed by atoms with E-state index in [0.29, 0.717) is 38.5 Å². The molecule has 3 saturated carbocycles. The lowest BCUT2D eigenvalue weighted by molar-refractivity contribution is -0.182. The monoisotopic (exact) mass is 518 g/mol. The number of nitrogens with two attached hydrogens (primary N) is 1. The summed E-state index contributed by atoms with van der Waals surface area (Å²) in [6, 6.07) is 18.0. The Bertz CT molecular complexity index is 1040. The first-order valence-corrected chi connectivity index (χ1v) is 14.5. The van der Waals surface area contributed by atoms with Crippen LogP contribution < -0.4 is 5.73 Å². The first-order chi connectivity index (χ1) is 18.3. The van der Waals surface area contributed by atoms with E-state index < -0.39 is 34.6 Å². The summed E-state index contributed by atoms with van der Waals surface area (Å²) in [6.07, 6.45) is 9.31. The van der Waals surface area contributed by atoms with Gasteiger partial charge >= 0.3 is 0 Å². The van der Waals surface area contributed by atoms with Crippen LogP contribution in [0.3, 0.4) is 0 Å². The molecule has 204 valence electrons. The molecule has 3 aliphatic rings. The second-order valence-corrected chi connectivity index (χ2v) is 12.0. The molecule has 38 heavy (non-hydrogen) atoms. The summed E-state index contributed by atoms with van der Waals surface area (Å²) in [5.74, 6) is -0.958. The number of aliphatic hydroxyl groups is 2. The molecule has 0 aliphatic heterocycles. The smallest absolute Gasteiger partial charge is 0.239 e. The largest absolute Gasteiger partial charge is 0.387 e. The van der Waals surface area contributed by atoms with E-state index in [1.54, 1.807) is 4.90 Å². The minimum absolute atomic E-state index is 0.350. The van der Waals surface area contributed by atoms with Gasteiger partial charge in [0.1, 0.15) is 5.41 Å². The van der Waals surface area contributed by atoms with Crippen LogP contribution in [0.5, 0.6) is 0 Å². The van der Waals surface area contributed by atoms with E-state index in [9.17, 15) is 19.8 Å². The van der Waals surface area contributed by atoms with Gasteiger partial charge in [-0.2, -0.15) is 0 Å². The fourth-order valence-electron chi connectivity index (χ4n) is 7.33. The van der Waals surface area contributed by atoms with Crippen LogP contribution in [0.4, 0.5) is 0 Å². The highest BCUT2D eigenvalue weighted by atomic mass is 16.3. The van der Waals surface area contributed by atoms with Crippen molar-refractivity contribution in [3.05, 3.63) is 71.8 Å². The lowest BCUT2D eigenvalue weighted by Crippen LogP contribution is -2.62. The number of benzene rings is 2. The molecule has 2 aromatic carbocycles. The first-order valence-electron chi connectivity index (χ1n) is 14.5. The van der Waals surface area contributed by atoms with E-state index in [4.69, 9.17) is 5.73 Å². The standard InChI is InChI=1S/C32H42N2O4/c33-28(35)30(18-13-19-30)29(36)34(26(24-14-5-1-6-15-24)31(37)20-9-3-10-21-31)27(25-16-7-2-8-17-25)32(38)22-11-4-12-23-32/h1-2,5-8,14-17,26-27,37-38H,3-4,9-13,18-23H2,(H2,33,35). The molecule has 0 radical (unpaired) electrons. The molecule has 6 nitrogen and oxygen atoms in total. The van der Waals surface area contributed by atoms with Gasteiger partial charge in [0.15, 0.2) is 0 Å². The fourth-order valence-corrected chi connectivity index (χ4v) is 7.33. The van der Waals surface area contributed by atoms with Crippen molar-refractivity contribution in [2.24, 2.45) is 11.1 Å². The molecule has 4 N–H and O–H groups in total. The summed E-state index contributed by atoms with van der Waals surface area (Å²) in [5.41, 5.74) is 3.93. The van der Waals surface area contributed by atoms with Crippen molar-refractivity contribution >= 4 is 11.8 Å². The first kappa shape index (κ1) is 26.9. The number of primary amides is 1. The van der Waals surface area contributed by atoms with E-state index in [2.05, 4.69) is 0 Å². The van der Waals surface area contributed by atoms with Crippen molar-refractivity contribution in [3.63, 3.8) is 0 Å². The highest BCUT2D eigenvalue weighted by molar-refractivity contribution is 6.05. The van der Waals surface area contributed by atoms with E-state index >= 15 is 0 Å². The summed E-state index contributed by atoms with van der Waals surface area (Å²) in [5, 5.41) is 24.8. The van der Waals surface area contributed by atoms with E-state index in [1.807, 2.05) is 60.7 Å². The highest BCUT2D eigenvalue weighted by Crippen LogP contribution is 2.54. The van der Waals surface area contributed by atoms with Gasteiger partial charge in [0.05, 0.1) is 23.3 Å². The molecule has 2 unspecified atom stereocenters. The molecule has 3 fully saturated rings. The molecule has 0 heterocycles. The number of hydrogen-bond acceptors (Lipinski definition) is 4. The zero-order chi connectivity index (χ0) is 26.8. The Labute approximate surface area is 226 Å². The van der Waals surface area contributed by atoms with Crippen molar-refractivity contribution in [3.8, 4) is 0 Å². The quantitative estimate of drug-likeness (QED) is 0.410. The Morgan fingerprint density at radius 1 is 0.632 bits per heavy atom. The Kier molecular flexibility index (Phi) is 7.65. The summed E-state index contributed by atoms with van der Waals surface area (Å²) in [6.45, 7) is 0. The molecule has 0 saturated heterocycles. The van der Waals surface area contributed by atoms with Crippen LogP contribution in [0, 0.1) is 5.41 Å². The number of carbonyl (C=O) groups is 2. The summed E-state index contributed by atoms with van der Waals surface area (Å²) >= 11 is 0. The lowest BCUT2D eigenvalue weighted by Gasteiger charge is -2.55. The molecular formula is C32H42N2O4. The third-order valence-electron chi connectivity index (χ3n) is 9.57. The Balaban J connectivity index is 1.76. The van der Waals surface area contributed by atoms with E-state index in [1.165, 1.54) is 0 Å². The van der Waals surface area contributed by atoms with Crippen molar-refractivity contribution in [2.75, 3.05) is 0 Å².